The highest BCUT2D eigenvalue weighted by molar-refractivity contribution is 7.93. The van der Waals surface area contributed by atoms with Gasteiger partial charge in [0.15, 0.2) is 0 Å². The molecule has 3 N–H and O–H groups in total. The van der Waals surface area contributed by atoms with Crippen molar-refractivity contribution < 1.29 is 18.5 Å². The van der Waals surface area contributed by atoms with Gasteiger partial charge in [0, 0.05) is 17.1 Å². The van der Waals surface area contributed by atoms with Crippen molar-refractivity contribution in [2.75, 3.05) is 12.4 Å². The van der Waals surface area contributed by atoms with Gasteiger partial charge in [0.25, 0.3) is 0 Å². The number of carbonyl (C=O) groups is 1. The number of primary amides is 1. The van der Waals surface area contributed by atoms with Gasteiger partial charge in [-0.15, -0.1) is 4.36 Å². The van der Waals surface area contributed by atoms with Crippen LogP contribution in [0.5, 0.6) is 0 Å². The van der Waals surface area contributed by atoms with Crippen LogP contribution in [0.4, 0.5) is 9.18 Å². The Balaban J connectivity index is 3.11. The van der Waals surface area contributed by atoms with Crippen LogP contribution < -0.4 is 5.73 Å². The fraction of sp³-hybridized carbons (Fsp3) is 0.417. The van der Waals surface area contributed by atoms with Crippen LogP contribution in [-0.2, 0) is 9.73 Å². The minimum atomic E-state index is -2.86. The first-order valence-corrected chi connectivity index (χ1v) is 7.49. The second kappa shape index (κ2) is 6.63. The lowest BCUT2D eigenvalue weighted by atomic mass is 10.1. The Kier molecular flexibility index (Phi) is 5.44. The molecule has 1 aromatic carbocycles. The Morgan fingerprint density at radius 2 is 2.05 bits per heavy atom. The zero-order valence-electron chi connectivity index (χ0n) is 10.6. The summed E-state index contributed by atoms with van der Waals surface area (Å²) in [6, 6.07) is 5.13. The van der Waals surface area contributed by atoms with E-state index >= 15 is 0 Å². The van der Waals surface area contributed by atoms with E-state index in [2.05, 4.69) is 4.36 Å². The zero-order chi connectivity index (χ0) is 14.5. The van der Waals surface area contributed by atoms with Crippen molar-refractivity contribution in [3.63, 3.8) is 0 Å². The summed E-state index contributed by atoms with van der Waals surface area (Å²) in [5.74, 6) is 0.155. The standard InChI is InChI=1S/C12H17FN2O3S/c1-2-19(18,15-12(14)17)10-5-3-9(4-6-10)11(16)7-8-13/h3-6,11,16H,2,7-8H2,1H3,(H2,14,17)/t11-,19?/m0/s1. The maximum atomic E-state index is 12.4. The van der Waals surface area contributed by atoms with Crippen LogP contribution >= 0.6 is 0 Å². The quantitative estimate of drug-likeness (QED) is 0.867. The molecular formula is C12H17FN2O3S. The molecular weight excluding hydrogens is 271 g/mol. The van der Waals surface area contributed by atoms with Gasteiger partial charge >= 0.3 is 6.03 Å². The number of alkyl halides is 1. The topological polar surface area (TPSA) is 92.8 Å². The first-order valence-electron chi connectivity index (χ1n) is 5.81. The lowest BCUT2D eigenvalue weighted by Gasteiger charge is -2.11. The number of amides is 2. The van der Waals surface area contributed by atoms with Crippen molar-refractivity contribution in [2.45, 2.75) is 24.3 Å². The molecule has 1 aromatic rings. The van der Waals surface area contributed by atoms with Crippen LogP contribution in [0.1, 0.15) is 25.0 Å². The molecule has 0 aliphatic carbocycles. The Labute approximate surface area is 111 Å². The zero-order valence-corrected chi connectivity index (χ0v) is 11.4. The van der Waals surface area contributed by atoms with Gasteiger partial charge in [-0.1, -0.05) is 19.1 Å². The molecule has 1 unspecified atom stereocenters. The molecule has 0 radical (unpaired) electrons. The van der Waals surface area contributed by atoms with Gasteiger partial charge in [-0.3, -0.25) is 4.39 Å². The van der Waals surface area contributed by atoms with Gasteiger partial charge in [0.2, 0.25) is 0 Å². The summed E-state index contributed by atoms with van der Waals surface area (Å²) in [6.45, 7) is 1.02. The van der Waals surface area contributed by atoms with Crippen LogP contribution in [0.15, 0.2) is 33.5 Å². The molecule has 7 heteroatoms. The fourth-order valence-corrected chi connectivity index (χ4v) is 3.02. The summed E-state index contributed by atoms with van der Waals surface area (Å²) in [6.07, 6.45) is -0.890. The predicted molar refractivity (Wildman–Crippen MR) is 71.0 cm³/mol. The minimum absolute atomic E-state index is 0.00810. The van der Waals surface area contributed by atoms with Crippen molar-refractivity contribution in [1.82, 2.24) is 0 Å². The molecule has 1 rings (SSSR count). The van der Waals surface area contributed by atoms with Gasteiger partial charge in [0.1, 0.15) is 0 Å². The molecule has 0 saturated carbocycles. The lowest BCUT2D eigenvalue weighted by Crippen LogP contribution is -2.12. The molecule has 0 bridgehead atoms. The molecule has 0 aliphatic rings. The number of nitrogens with zero attached hydrogens (tertiary/aromatic N) is 1. The number of aliphatic hydroxyl groups is 1. The molecule has 2 amide bonds. The van der Waals surface area contributed by atoms with Crippen molar-refractivity contribution in [3.05, 3.63) is 29.8 Å². The maximum absolute atomic E-state index is 12.4. The number of hydrogen-bond donors (Lipinski definition) is 2. The third kappa shape index (κ3) is 4.00. The number of hydrogen-bond acceptors (Lipinski definition) is 3. The van der Waals surface area contributed by atoms with E-state index in [-0.39, 0.29) is 12.2 Å². The average Bonchev–Trinajstić information content (AvgIpc) is 2.38. The summed E-state index contributed by atoms with van der Waals surface area (Å²) in [5.41, 5.74) is 5.47. The third-order valence-electron chi connectivity index (χ3n) is 2.64. The Hall–Kier alpha value is -1.47. The summed E-state index contributed by atoms with van der Waals surface area (Å²) >= 11 is 0. The van der Waals surface area contributed by atoms with Gasteiger partial charge in [-0.05, 0) is 17.7 Å². The minimum Gasteiger partial charge on any atom is -0.388 e. The molecule has 19 heavy (non-hydrogen) atoms. The molecule has 0 saturated heterocycles. The van der Waals surface area contributed by atoms with Crippen LogP contribution in [0.3, 0.4) is 0 Å². The highest BCUT2D eigenvalue weighted by atomic mass is 32.2. The van der Waals surface area contributed by atoms with Crippen molar-refractivity contribution in [3.8, 4) is 0 Å². The van der Waals surface area contributed by atoms with E-state index in [4.69, 9.17) is 5.73 Å². The van der Waals surface area contributed by atoms with Crippen molar-refractivity contribution in [1.29, 1.82) is 0 Å². The Morgan fingerprint density at radius 3 is 2.47 bits per heavy atom. The molecule has 0 fully saturated rings. The van der Waals surface area contributed by atoms with E-state index in [1.54, 1.807) is 19.1 Å². The molecule has 0 aliphatic heterocycles. The van der Waals surface area contributed by atoms with Gasteiger partial charge in [-0.2, -0.15) is 0 Å². The number of aliphatic hydroxyl groups excluding tert-OH is 1. The second-order valence-electron chi connectivity index (χ2n) is 3.92. The van der Waals surface area contributed by atoms with E-state index in [0.717, 1.165) is 0 Å². The lowest BCUT2D eigenvalue weighted by molar-refractivity contribution is 0.156. The number of halogens is 1. The second-order valence-corrected chi connectivity index (χ2v) is 6.43. The van der Waals surface area contributed by atoms with Gasteiger partial charge in [0.05, 0.1) is 22.5 Å². The molecule has 2 atom stereocenters. The highest BCUT2D eigenvalue weighted by Crippen LogP contribution is 2.20. The number of benzene rings is 1. The predicted octanol–water partition coefficient (Wildman–Crippen LogP) is 2.01. The van der Waals surface area contributed by atoms with E-state index in [1.807, 2.05) is 0 Å². The fourth-order valence-electron chi connectivity index (χ4n) is 1.60. The number of urea groups is 1. The third-order valence-corrected chi connectivity index (χ3v) is 4.91. The monoisotopic (exact) mass is 288 g/mol. The first-order chi connectivity index (χ1) is 8.92. The summed E-state index contributed by atoms with van der Waals surface area (Å²) in [7, 11) is -2.86. The van der Waals surface area contributed by atoms with Gasteiger partial charge in [-0.25, -0.2) is 9.00 Å². The molecule has 0 heterocycles. The van der Waals surface area contributed by atoms with E-state index in [9.17, 15) is 18.5 Å². The SMILES string of the molecule is CCS(=O)(=NC(N)=O)c1ccc([C@@H](O)CCF)cc1. The van der Waals surface area contributed by atoms with Crippen molar-refractivity contribution in [2.24, 2.45) is 10.1 Å². The van der Waals surface area contributed by atoms with E-state index < -0.39 is 28.5 Å². The summed E-state index contributed by atoms with van der Waals surface area (Å²) < 4.78 is 28.0. The largest absolute Gasteiger partial charge is 0.388 e. The Morgan fingerprint density at radius 1 is 1.47 bits per heavy atom. The normalized spacial score (nSPS) is 15.5. The van der Waals surface area contributed by atoms with Crippen molar-refractivity contribution >= 4 is 15.8 Å². The van der Waals surface area contributed by atoms with Crippen LogP contribution in [-0.4, -0.2) is 27.8 Å². The van der Waals surface area contributed by atoms with E-state index in [1.165, 1.54) is 12.1 Å². The van der Waals surface area contributed by atoms with Gasteiger partial charge < -0.3 is 10.8 Å². The summed E-state index contributed by atoms with van der Waals surface area (Å²) in [4.78, 5) is 11.2. The average molecular weight is 288 g/mol. The summed E-state index contributed by atoms with van der Waals surface area (Å²) in [5, 5.41) is 9.61. The number of rotatable bonds is 5. The van der Waals surface area contributed by atoms with Crippen LogP contribution in [0, 0.1) is 0 Å². The molecule has 5 nitrogen and oxygen atoms in total. The molecule has 106 valence electrons. The molecule has 0 spiro atoms. The first kappa shape index (κ1) is 15.6. The number of carbonyl (C=O) groups excluding carboxylic acids is 1. The Bertz CT molecular complexity index is 551. The molecule has 0 aromatic heterocycles. The van der Waals surface area contributed by atoms with E-state index in [0.29, 0.717) is 10.5 Å². The smallest absolute Gasteiger partial charge is 0.346 e. The van der Waals surface area contributed by atoms with Crippen LogP contribution in [0.25, 0.3) is 0 Å². The highest BCUT2D eigenvalue weighted by Gasteiger charge is 2.13. The number of nitrogens with two attached hydrogens (primary N) is 1. The maximum Gasteiger partial charge on any atom is 0.346 e. The van der Waals surface area contributed by atoms with Crippen LogP contribution in [0.2, 0.25) is 0 Å².